The van der Waals surface area contributed by atoms with Gasteiger partial charge in [0.05, 0.1) is 17.9 Å². The summed E-state index contributed by atoms with van der Waals surface area (Å²) in [6.45, 7) is 4.41. The number of anilines is 1. The van der Waals surface area contributed by atoms with E-state index in [1.54, 1.807) is 30.3 Å². The molecule has 0 radical (unpaired) electrons. The van der Waals surface area contributed by atoms with Crippen LogP contribution in [0.1, 0.15) is 36.2 Å². The third-order valence-electron chi connectivity index (χ3n) is 3.25. The molecule has 0 atom stereocenters. The van der Waals surface area contributed by atoms with Gasteiger partial charge in [-0.25, -0.2) is 5.43 Å². The predicted molar refractivity (Wildman–Crippen MR) is 92.8 cm³/mol. The summed E-state index contributed by atoms with van der Waals surface area (Å²) in [7, 11) is 0. The molecule has 2 rings (SSSR count). The van der Waals surface area contributed by atoms with E-state index in [4.69, 9.17) is 10.5 Å². The fraction of sp³-hybridized carbons (Fsp3) is 0.222. The Hall–Kier alpha value is -2.82. The first-order valence-corrected chi connectivity index (χ1v) is 7.54. The second-order valence-electron chi connectivity index (χ2n) is 5.10. The molecule has 5 nitrogen and oxygen atoms in total. The Morgan fingerprint density at radius 2 is 1.87 bits per heavy atom. The maximum Gasteiger partial charge on any atom is 0.275 e. The quantitative estimate of drug-likeness (QED) is 0.488. The van der Waals surface area contributed by atoms with E-state index >= 15 is 0 Å². The highest BCUT2D eigenvalue weighted by atomic mass is 16.5. The number of ether oxygens (including phenoxy) is 1. The molecule has 0 saturated carbocycles. The summed E-state index contributed by atoms with van der Waals surface area (Å²) in [5, 5.41) is 4.14. The van der Waals surface area contributed by atoms with Crippen molar-refractivity contribution < 1.29 is 9.53 Å². The van der Waals surface area contributed by atoms with Crippen molar-refractivity contribution in [1.29, 1.82) is 0 Å². The Bertz CT molecular complexity index is 694. The second-order valence-corrected chi connectivity index (χ2v) is 5.10. The standard InChI is InChI=1S/C18H21N3O2/c1-3-12-23-17-7-5-4-6-16(17)18(22)21-20-13(2)14-8-10-15(19)11-9-14/h4-11H,3,12,19H2,1-2H3,(H,21,22). The fourth-order valence-corrected chi connectivity index (χ4v) is 1.98. The molecule has 0 aliphatic rings. The minimum atomic E-state index is -0.300. The molecule has 3 N–H and O–H groups in total. The molecule has 0 saturated heterocycles. The highest BCUT2D eigenvalue weighted by molar-refractivity contribution is 6.01. The second kappa shape index (κ2) is 7.98. The SMILES string of the molecule is CCCOc1ccccc1C(=O)NN=C(C)c1ccc(N)cc1. The van der Waals surface area contributed by atoms with Crippen LogP contribution in [0.3, 0.4) is 0 Å². The minimum Gasteiger partial charge on any atom is -0.493 e. The molecule has 2 aromatic carbocycles. The zero-order chi connectivity index (χ0) is 16.7. The summed E-state index contributed by atoms with van der Waals surface area (Å²) in [5.74, 6) is 0.263. The van der Waals surface area contributed by atoms with Crippen molar-refractivity contribution in [3.05, 3.63) is 59.7 Å². The summed E-state index contributed by atoms with van der Waals surface area (Å²) < 4.78 is 5.59. The first kappa shape index (κ1) is 16.5. The van der Waals surface area contributed by atoms with Crippen molar-refractivity contribution in [2.75, 3.05) is 12.3 Å². The number of nitrogens with zero attached hydrogens (tertiary/aromatic N) is 1. The first-order chi connectivity index (χ1) is 11.1. The Labute approximate surface area is 136 Å². The van der Waals surface area contributed by atoms with Crippen molar-refractivity contribution in [1.82, 2.24) is 5.43 Å². The molecule has 120 valence electrons. The molecule has 0 aromatic heterocycles. The van der Waals surface area contributed by atoms with Gasteiger partial charge in [-0.1, -0.05) is 31.2 Å². The Morgan fingerprint density at radius 3 is 2.57 bits per heavy atom. The van der Waals surface area contributed by atoms with Crippen LogP contribution in [-0.2, 0) is 0 Å². The number of nitrogens with one attached hydrogen (secondary N) is 1. The van der Waals surface area contributed by atoms with E-state index in [9.17, 15) is 4.79 Å². The van der Waals surface area contributed by atoms with Gasteiger partial charge in [0.25, 0.3) is 5.91 Å². The van der Waals surface area contributed by atoms with Gasteiger partial charge in [-0.15, -0.1) is 0 Å². The Morgan fingerprint density at radius 1 is 1.17 bits per heavy atom. The van der Waals surface area contributed by atoms with Crippen LogP contribution in [-0.4, -0.2) is 18.2 Å². The third kappa shape index (κ3) is 4.57. The molecule has 2 aromatic rings. The maximum atomic E-state index is 12.3. The molecule has 0 fully saturated rings. The van der Waals surface area contributed by atoms with Crippen LogP contribution in [0.4, 0.5) is 5.69 Å². The van der Waals surface area contributed by atoms with Gasteiger partial charge in [0.15, 0.2) is 0 Å². The molecule has 23 heavy (non-hydrogen) atoms. The molecule has 0 bridgehead atoms. The van der Waals surface area contributed by atoms with Gasteiger partial charge >= 0.3 is 0 Å². The average molecular weight is 311 g/mol. The van der Waals surface area contributed by atoms with Gasteiger partial charge in [0, 0.05) is 5.69 Å². The predicted octanol–water partition coefficient (Wildman–Crippen LogP) is 3.21. The molecule has 0 aliphatic heterocycles. The van der Waals surface area contributed by atoms with Crippen LogP contribution in [0.15, 0.2) is 53.6 Å². The summed E-state index contributed by atoms with van der Waals surface area (Å²) >= 11 is 0. The van der Waals surface area contributed by atoms with E-state index in [2.05, 4.69) is 10.5 Å². The third-order valence-corrected chi connectivity index (χ3v) is 3.25. The van der Waals surface area contributed by atoms with E-state index < -0.39 is 0 Å². The van der Waals surface area contributed by atoms with E-state index in [0.717, 1.165) is 12.0 Å². The molecular formula is C18H21N3O2. The summed E-state index contributed by atoms with van der Waals surface area (Å²) in [4.78, 5) is 12.3. The van der Waals surface area contributed by atoms with Gasteiger partial charge in [-0.2, -0.15) is 5.10 Å². The van der Waals surface area contributed by atoms with Crippen LogP contribution >= 0.6 is 0 Å². The molecule has 0 aliphatic carbocycles. The number of hydrogen-bond acceptors (Lipinski definition) is 4. The number of hydrogen-bond donors (Lipinski definition) is 2. The molecular weight excluding hydrogens is 290 g/mol. The van der Waals surface area contributed by atoms with Gasteiger partial charge in [-0.3, -0.25) is 4.79 Å². The van der Waals surface area contributed by atoms with E-state index in [0.29, 0.717) is 29.3 Å². The monoisotopic (exact) mass is 311 g/mol. The van der Waals surface area contributed by atoms with Crippen molar-refractivity contribution in [3.8, 4) is 5.75 Å². The van der Waals surface area contributed by atoms with Crippen LogP contribution in [0, 0.1) is 0 Å². The summed E-state index contributed by atoms with van der Waals surface area (Å²) in [5.41, 5.74) is 11.0. The van der Waals surface area contributed by atoms with Crippen molar-refractivity contribution in [2.24, 2.45) is 5.10 Å². The van der Waals surface area contributed by atoms with E-state index in [-0.39, 0.29) is 5.91 Å². The fourth-order valence-electron chi connectivity index (χ4n) is 1.98. The minimum absolute atomic E-state index is 0.300. The van der Waals surface area contributed by atoms with E-state index in [1.807, 2.05) is 32.0 Å². The number of nitrogens with two attached hydrogens (primary N) is 1. The zero-order valence-electron chi connectivity index (χ0n) is 13.4. The highest BCUT2D eigenvalue weighted by Crippen LogP contribution is 2.18. The zero-order valence-corrected chi connectivity index (χ0v) is 13.4. The van der Waals surface area contributed by atoms with Crippen LogP contribution in [0.5, 0.6) is 5.75 Å². The molecule has 0 heterocycles. The number of benzene rings is 2. The lowest BCUT2D eigenvalue weighted by molar-refractivity contribution is 0.0950. The lowest BCUT2D eigenvalue weighted by Gasteiger charge is -2.09. The number of rotatable bonds is 6. The van der Waals surface area contributed by atoms with E-state index in [1.165, 1.54) is 0 Å². The number of carbonyl (C=O) groups is 1. The van der Waals surface area contributed by atoms with Crippen LogP contribution in [0.2, 0.25) is 0 Å². The van der Waals surface area contributed by atoms with Crippen molar-refractivity contribution in [3.63, 3.8) is 0 Å². The Balaban J connectivity index is 2.10. The maximum absolute atomic E-state index is 12.3. The lowest BCUT2D eigenvalue weighted by Crippen LogP contribution is -2.20. The number of para-hydroxylation sites is 1. The molecule has 5 heteroatoms. The normalized spacial score (nSPS) is 11.1. The first-order valence-electron chi connectivity index (χ1n) is 7.54. The van der Waals surface area contributed by atoms with Gasteiger partial charge in [-0.05, 0) is 43.2 Å². The highest BCUT2D eigenvalue weighted by Gasteiger charge is 2.11. The topological polar surface area (TPSA) is 76.7 Å². The van der Waals surface area contributed by atoms with Crippen LogP contribution < -0.4 is 15.9 Å². The molecule has 0 spiro atoms. The number of carbonyl (C=O) groups excluding carboxylic acids is 1. The molecule has 0 unspecified atom stereocenters. The van der Waals surface area contributed by atoms with Gasteiger partial charge < -0.3 is 10.5 Å². The van der Waals surface area contributed by atoms with Crippen LogP contribution in [0.25, 0.3) is 0 Å². The Kier molecular flexibility index (Phi) is 5.74. The van der Waals surface area contributed by atoms with Gasteiger partial charge in [0.1, 0.15) is 5.75 Å². The van der Waals surface area contributed by atoms with Gasteiger partial charge in [0.2, 0.25) is 0 Å². The molecule has 1 amide bonds. The summed E-state index contributed by atoms with van der Waals surface area (Å²) in [6.07, 6.45) is 0.879. The summed E-state index contributed by atoms with van der Waals surface area (Å²) in [6, 6.07) is 14.4. The smallest absolute Gasteiger partial charge is 0.275 e. The largest absolute Gasteiger partial charge is 0.493 e. The van der Waals surface area contributed by atoms with Crippen molar-refractivity contribution in [2.45, 2.75) is 20.3 Å². The van der Waals surface area contributed by atoms with Crippen molar-refractivity contribution >= 4 is 17.3 Å². The number of amides is 1. The number of hydrazone groups is 1. The lowest BCUT2D eigenvalue weighted by atomic mass is 10.1. The average Bonchev–Trinajstić information content (AvgIpc) is 2.58. The number of nitrogen functional groups attached to an aromatic ring is 1.